The number of nitrogens with zero attached hydrogens (tertiary/aromatic N) is 2. The minimum atomic E-state index is 0.208. The van der Waals surface area contributed by atoms with Crippen molar-refractivity contribution in [1.29, 1.82) is 0 Å². The Kier molecular flexibility index (Phi) is 6.53. The van der Waals surface area contributed by atoms with Crippen LogP contribution in [0.4, 0.5) is 11.4 Å². The van der Waals surface area contributed by atoms with Gasteiger partial charge >= 0.3 is 0 Å². The zero-order chi connectivity index (χ0) is 37.9. The van der Waals surface area contributed by atoms with Crippen LogP contribution in [0.1, 0.15) is 11.5 Å². The van der Waals surface area contributed by atoms with E-state index >= 15 is 0 Å². The summed E-state index contributed by atoms with van der Waals surface area (Å²) in [4.78, 5) is 2.48. The number of para-hydroxylation sites is 3. The summed E-state index contributed by atoms with van der Waals surface area (Å²) in [6, 6.07) is 61.3. The van der Waals surface area contributed by atoms with Crippen LogP contribution in [0.15, 0.2) is 203 Å². The second-order valence-electron chi connectivity index (χ2n) is 15.6. The van der Waals surface area contributed by atoms with Gasteiger partial charge in [0.15, 0.2) is 0 Å². The van der Waals surface area contributed by atoms with Gasteiger partial charge in [-0.05, 0) is 89.0 Å². The van der Waals surface area contributed by atoms with Crippen molar-refractivity contribution in [2.45, 2.75) is 12.0 Å². The van der Waals surface area contributed by atoms with Crippen LogP contribution in [0.3, 0.4) is 0 Å². The number of allylic oxidation sites excluding steroid dienone is 2. The summed E-state index contributed by atoms with van der Waals surface area (Å²) in [7, 11) is 0. The lowest BCUT2D eigenvalue weighted by Crippen LogP contribution is -2.28. The first-order valence-corrected chi connectivity index (χ1v) is 20.0. The molecule has 0 amide bonds. The third kappa shape index (κ3) is 4.45. The molecule has 0 saturated heterocycles. The van der Waals surface area contributed by atoms with Crippen molar-refractivity contribution in [2.24, 2.45) is 0 Å². The molecule has 4 heterocycles. The van der Waals surface area contributed by atoms with E-state index in [0.29, 0.717) is 5.92 Å². The van der Waals surface area contributed by atoms with Gasteiger partial charge < -0.3 is 18.3 Å². The molecule has 58 heavy (non-hydrogen) atoms. The van der Waals surface area contributed by atoms with Crippen molar-refractivity contribution in [3.05, 3.63) is 200 Å². The standard InChI is InChI=1S/C54H34N2O2/c1-2-13-33(14-3-1)34-15-12-16-35(29-34)52-53-44-31-37(56-47-23-10-6-19-40(47)41-20-7-11-24-48(41)56)26-28-50(44)57-51(53)32-43-42-30-36(25-27-49(42)58-54(43)52)55-45-21-8-4-17-38(45)39-18-5-9-22-46(39)55/h1-32,38,45H. The topological polar surface area (TPSA) is 34.5 Å². The highest BCUT2D eigenvalue weighted by Crippen LogP contribution is 2.50. The van der Waals surface area contributed by atoms with Gasteiger partial charge in [0.25, 0.3) is 0 Å². The van der Waals surface area contributed by atoms with Gasteiger partial charge in [0.1, 0.15) is 22.3 Å². The first kappa shape index (κ1) is 31.6. The molecular formula is C54H34N2O2. The first-order valence-electron chi connectivity index (χ1n) is 20.0. The van der Waals surface area contributed by atoms with Gasteiger partial charge in [-0.25, -0.2) is 0 Å². The van der Waals surface area contributed by atoms with E-state index in [1.165, 1.54) is 38.6 Å². The highest BCUT2D eigenvalue weighted by molar-refractivity contribution is 6.24. The quantitative estimate of drug-likeness (QED) is 0.180. The second-order valence-corrected chi connectivity index (χ2v) is 15.6. The van der Waals surface area contributed by atoms with Crippen LogP contribution in [0.5, 0.6) is 0 Å². The Balaban J connectivity index is 1.08. The molecule has 0 radical (unpaired) electrons. The average Bonchev–Trinajstić information content (AvgIpc) is 4.03. The average molecular weight is 743 g/mol. The number of hydrogen-bond donors (Lipinski definition) is 0. The highest BCUT2D eigenvalue weighted by atomic mass is 16.3. The summed E-state index contributed by atoms with van der Waals surface area (Å²) in [6.07, 6.45) is 9.00. The fraction of sp³-hybridized carbons (Fsp3) is 0.0370. The molecule has 2 aliphatic rings. The Labute approximate surface area is 333 Å². The summed E-state index contributed by atoms with van der Waals surface area (Å²) in [5.74, 6) is 0.309. The molecule has 2 unspecified atom stereocenters. The van der Waals surface area contributed by atoms with Gasteiger partial charge in [-0.2, -0.15) is 0 Å². The normalized spacial score (nSPS) is 16.1. The maximum absolute atomic E-state index is 7.03. The Bertz CT molecular complexity index is 3490. The molecule has 4 nitrogen and oxygen atoms in total. The van der Waals surface area contributed by atoms with Gasteiger partial charge in [0.2, 0.25) is 0 Å². The molecule has 1 aliphatic heterocycles. The van der Waals surface area contributed by atoms with Crippen LogP contribution in [0.2, 0.25) is 0 Å². The summed E-state index contributed by atoms with van der Waals surface area (Å²) in [6.45, 7) is 0. The van der Waals surface area contributed by atoms with Gasteiger partial charge in [0.05, 0.1) is 17.1 Å². The van der Waals surface area contributed by atoms with Crippen molar-refractivity contribution >= 4 is 77.1 Å². The zero-order valence-electron chi connectivity index (χ0n) is 31.3. The number of furan rings is 2. The van der Waals surface area contributed by atoms with Crippen molar-refractivity contribution < 1.29 is 8.83 Å². The molecule has 3 aromatic heterocycles. The smallest absolute Gasteiger partial charge is 0.144 e. The maximum Gasteiger partial charge on any atom is 0.144 e. The minimum absolute atomic E-state index is 0.208. The highest BCUT2D eigenvalue weighted by Gasteiger charge is 2.37. The predicted octanol–water partition coefficient (Wildman–Crippen LogP) is 14.6. The molecule has 2 atom stereocenters. The number of hydrogen-bond acceptors (Lipinski definition) is 3. The molecule has 8 aromatic carbocycles. The van der Waals surface area contributed by atoms with Crippen molar-refractivity contribution in [2.75, 3.05) is 4.90 Å². The van der Waals surface area contributed by atoms with Crippen molar-refractivity contribution in [1.82, 2.24) is 4.57 Å². The molecule has 272 valence electrons. The number of anilines is 2. The van der Waals surface area contributed by atoms with Gasteiger partial charge in [-0.3, -0.25) is 0 Å². The SMILES string of the molecule is C1=CC2c3ccccc3N(c3ccc4oc5c(-c6cccc(-c7ccccc7)c6)c6c(cc5c4c3)oc3ccc(-n4c5ccccc5c5ccccc54)cc36)C2C=C1. The molecule has 0 saturated carbocycles. The van der Waals surface area contributed by atoms with Crippen molar-refractivity contribution in [3.63, 3.8) is 0 Å². The van der Waals surface area contributed by atoms with E-state index in [0.717, 1.165) is 71.9 Å². The van der Waals surface area contributed by atoms with Crippen LogP contribution < -0.4 is 4.90 Å². The number of fused-ring (bicyclic) bond motifs is 12. The summed E-state index contributed by atoms with van der Waals surface area (Å²) in [5, 5.41) is 6.67. The largest absolute Gasteiger partial charge is 0.456 e. The summed E-state index contributed by atoms with van der Waals surface area (Å²) in [5.41, 5.74) is 15.0. The number of benzene rings is 8. The molecule has 13 rings (SSSR count). The van der Waals surface area contributed by atoms with E-state index < -0.39 is 0 Å². The summed E-state index contributed by atoms with van der Waals surface area (Å²) >= 11 is 0. The Morgan fingerprint density at radius 2 is 1.10 bits per heavy atom. The Morgan fingerprint density at radius 3 is 1.95 bits per heavy atom. The van der Waals surface area contributed by atoms with E-state index in [9.17, 15) is 0 Å². The van der Waals surface area contributed by atoms with E-state index in [1.807, 2.05) is 0 Å². The van der Waals surface area contributed by atoms with E-state index in [2.05, 4.69) is 204 Å². The zero-order valence-corrected chi connectivity index (χ0v) is 31.3. The van der Waals surface area contributed by atoms with Crippen molar-refractivity contribution in [3.8, 4) is 27.9 Å². The molecule has 0 fully saturated rings. The van der Waals surface area contributed by atoms with Gasteiger partial charge in [-0.15, -0.1) is 0 Å². The first-order chi connectivity index (χ1) is 28.8. The molecule has 0 N–H and O–H groups in total. The summed E-state index contributed by atoms with van der Waals surface area (Å²) < 4.78 is 16.3. The number of aromatic nitrogens is 1. The Morgan fingerprint density at radius 1 is 0.431 bits per heavy atom. The third-order valence-corrected chi connectivity index (χ3v) is 12.5. The fourth-order valence-electron chi connectivity index (χ4n) is 9.98. The van der Waals surface area contributed by atoms with Crippen LogP contribution in [-0.4, -0.2) is 10.6 Å². The molecular weight excluding hydrogens is 709 g/mol. The van der Waals surface area contributed by atoms with Crippen LogP contribution >= 0.6 is 0 Å². The molecule has 0 bridgehead atoms. The monoisotopic (exact) mass is 742 g/mol. The fourth-order valence-corrected chi connectivity index (χ4v) is 9.98. The molecule has 4 heteroatoms. The minimum Gasteiger partial charge on any atom is -0.456 e. The lowest BCUT2D eigenvalue weighted by atomic mass is 9.91. The van der Waals surface area contributed by atoms with Gasteiger partial charge in [0, 0.05) is 60.9 Å². The van der Waals surface area contributed by atoms with Crippen LogP contribution in [0, 0.1) is 0 Å². The van der Waals surface area contributed by atoms with Crippen LogP contribution in [-0.2, 0) is 0 Å². The number of rotatable bonds is 4. The van der Waals surface area contributed by atoms with E-state index in [-0.39, 0.29) is 6.04 Å². The molecule has 11 aromatic rings. The second kappa shape index (κ2) is 12.0. The Hall–Kier alpha value is -7.56. The molecule has 1 aliphatic carbocycles. The lowest BCUT2D eigenvalue weighted by molar-refractivity contribution is 0.664. The van der Waals surface area contributed by atoms with Crippen LogP contribution in [0.25, 0.3) is 93.6 Å². The van der Waals surface area contributed by atoms with E-state index in [4.69, 9.17) is 8.83 Å². The van der Waals surface area contributed by atoms with E-state index in [1.54, 1.807) is 0 Å². The maximum atomic E-state index is 7.03. The predicted molar refractivity (Wildman–Crippen MR) is 240 cm³/mol. The van der Waals surface area contributed by atoms with Gasteiger partial charge in [-0.1, -0.05) is 127 Å². The molecule has 0 spiro atoms. The lowest BCUT2D eigenvalue weighted by Gasteiger charge is -2.28. The third-order valence-electron chi connectivity index (χ3n) is 12.5.